The maximum Gasteiger partial charge on any atom is 0.179 e. The van der Waals surface area contributed by atoms with Crippen molar-refractivity contribution >= 4 is 34.8 Å². The second kappa shape index (κ2) is 8.88. The predicted octanol–water partition coefficient (Wildman–Crippen LogP) is 3.37. The lowest BCUT2D eigenvalue weighted by Crippen LogP contribution is -2.38. The summed E-state index contributed by atoms with van der Waals surface area (Å²) in [6, 6.07) is 12.8. The number of nitrogens with two attached hydrogens (primary N) is 1. The normalized spacial score (nSPS) is 19.3. The fourth-order valence-corrected chi connectivity index (χ4v) is 4.32. The van der Waals surface area contributed by atoms with Crippen LogP contribution in [0.2, 0.25) is 5.02 Å². The molecule has 9 heteroatoms. The van der Waals surface area contributed by atoms with Crippen LogP contribution in [-0.2, 0) is 18.0 Å². The molecule has 0 aliphatic carbocycles. The molecule has 2 atom stereocenters. The van der Waals surface area contributed by atoms with Gasteiger partial charge < -0.3 is 30.5 Å². The zero-order valence-corrected chi connectivity index (χ0v) is 18.8. The van der Waals surface area contributed by atoms with E-state index in [9.17, 15) is 19.4 Å². The number of aliphatic carboxylic acids is 1. The van der Waals surface area contributed by atoms with Gasteiger partial charge in [-0.3, -0.25) is 0 Å². The second-order valence-electron chi connectivity index (χ2n) is 8.24. The van der Waals surface area contributed by atoms with Gasteiger partial charge >= 0.3 is 0 Å². The van der Waals surface area contributed by atoms with Crippen molar-refractivity contribution in [1.82, 2.24) is 4.98 Å². The monoisotopic (exact) mass is 470 g/mol. The van der Waals surface area contributed by atoms with E-state index < -0.39 is 18.7 Å². The van der Waals surface area contributed by atoms with Crippen LogP contribution in [0.3, 0.4) is 0 Å². The van der Waals surface area contributed by atoms with Gasteiger partial charge in [-0.05, 0) is 55.5 Å². The lowest BCUT2D eigenvalue weighted by molar-refractivity contribution is -0.822. The van der Waals surface area contributed by atoms with Crippen LogP contribution in [0, 0.1) is 0 Å². The average molecular weight is 471 g/mol. The molecule has 3 aromatic rings. The molecule has 4 rings (SSSR count). The zero-order valence-electron chi connectivity index (χ0n) is 18.0. The number of phenols is 1. The first-order valence-electron chi connectivity index (χ1n) is 10.5. The number of alkyl halides is 1. The van der Waals surface area contributed by atoms with Crippen LogP contribution < -0.4 is 16.2 Å². The van der Waals surface area contributed by atoms with Crippen LogP contribution >= 0.6 is 11.6 Å². The highest BCUT2D eigenvalue weighted by atomic mass is 35.5. The molecule has 0 radical (unpaired) electrons. The third-order valence-corrected chi connectivity index (χ3v) is 6.46. The lowest BCUT2D eigenvalue weighted by Gasteiger charge is -2.20. The summed E-state index contributed by atoms with van der Waals surface area (Å²) >= 11 is 5.95. The Morgan fingerprint density at radius 1 is 1.27 bits per heavy atom. The quantitative estimate of drug-likeness (QED) is 0.264. The van der Waals surface area contributed by atoms with Crippen LogP contribution in [0.4, 0.5) is 21.6 Å². The standard InChI is InChI=1S/C24H24ClFN4O3/c1-2-30(13-21(30)24(32)33)12-14-3-6-20(29-23(14)27)18-10-17(5-8-22(18)31)28-19-7-4-16(25)9-15(19)11-26/h3-10,21,28H,2,11-13H2,1H3,(H3-,27,29,31,32,33). The van der Waals surface area contributed by atoms with Gasteiger partial charge in [0.1, 0.15) is 37.3 Å². The topological polar surface area (TPSA) is 111 Å². The highest BCUT2D eigenvalue weighted by molar-refractivity contribution is 6.30. The largest absolute Gasteiger partial charge is 0.544 e. The maximum absolute atomic E-state index is 13.4. The van der Waals surface area contributed by atoms with Gasteiger partial charge in [0, 0.05) is 33.1 Å². The number of phenolic OH excluding ortho intramolecular Hbond substituents is 1. The summed E-state index contributed by atoms with van der Waals surface area (Å²) in [4.78, 5) is 15.7. The smallest absolute Gasteiger partial charge is 0.179 e. The summed E-state index contributed by atoms with van der Waals surface area (Å²) in [5.74, 6) is -0.759. The predicted molar refractivity (Wildman–Crippen MR) is 123 cm³/mol. The molecule has 1 aliphatic heterocycles. The number of nitrogens with one attached hydrogen (secondary N) is 1. The summed E-state index contributed by atoms with van der Waals surface area (Å²) < 4.78 is 13.8. The van der Waals surface area contributed by atoms with E-state index in [1.807, 2.05) is 6.92 Å². The van der Waals surface area contributed by atoms with Gasteiger partial charge in [0.15, 0.2) is 6.04 Å². The summed E-state index contributed by atoms with van der Waals surface area (Å²) in [5, 5.41) is 25.3. The minimum atomic E-state index is -1.05. The van der Waals surface area contributed by atoms with Gasteiger partial charge in [0.05, 0.1) is 12.2 Å². The SMILES string of the molecule is CC[N+]1(Cc2ccc(-c3cc(Nc4ccc(Cl)cc4CF)ccc3O)nc2N)CC1C(=O)[O-]. The minimum absolute atomic E-state index is 0.0158. The molecule has 1 aromatic heterocycles. The number of hydrogen-bond donors (Lipinski definition) is 3. The van der Waals surface area contributed by atoms with Gasteiger partial charge in [0.25, 0.3) is 0 Å². The molecule has 4 N–H and O–H groups in total. The summed E-state index contributed by atoms with van der Waals surface area (Å²) in [7, 11) is 0. The summed E-state index contributed by atoms with van der Waals surface area (Å²) in [6.07, 6.45) is 0. The van der Waals surface area contributed by atoms with Gasteiger partial charge in [-0.1, -0.05) is 11.6 Å². The molecule has 1 saturated heterocycles. The number of pyridine rings is 1. The fraction of sp³-hybridized carbons (Fsp3) is 0.250. The number of rotatable bonds is 8. The molecule has 0 spiro atoms. The molecule has 1 aliphatic rings. The Labute approximate surface area is 195 Å². The number of quaternary nitrogens is 1. The third kappa shape index (κ3) is 4.58. The molecule has 33 heavy (non-hydrogen) atoms. The van der Waals surface area contributed by atoms with Crippen molar-refractivity contribution in [2.75, 3.05) is 24.1 Å². The first kappa shape index (κ1) is 22.8. The Balaban J connectivity index is 1.59. The van der Waals surface area contributed by atoms with Crippen LogP contribution in [-0.4, -0.2) is 39.7 Å². The number of nitrogens with zero attached hydrogens (tertiary/aromatic N) is 2. The number of likely N-dealkylation sites (N-methyl/N-ethyl adjacent to an activating group) is 1. The number of hydrogen-bond acceptors (Lipinski definition) is 6. The van der Waals surface area contributed by atoms with Gasteiger partial charge in [-0.15, -0.1) is 0 Å². The number of carbonyl (C=O) groups excluding carboxylic acids is 1. The number of carboxylic acids is 1. The summed E-state index contributed by atoms with van der Waals surface area (Å²) in [6.45, 7) is 2.88. The highest BCUT2D eigenvalue weighted by Gasteiger charge is 2.54. The van der Waals surface area contributed by atoms with E-state index in [0.717, 1.165) is 5.56 Å². The minimum Gasteiger partial charge on any atom is -0.544 e. The van der Waals surface area contributed by atoms with Crippen molar-refractivity contribution in [3.05, 3.63) is 64.7 Å². The molecule has 2 aromatic carbocycles. The zero-order chi connectivity index (χ0) is 23.8. The van der Waals surface area contributed by atoms with Crippen molar-refractivity contribution in [2.45, 2.75) is 26.2 Å². The number of anilines is 3. The highest BCUT2D eigenvalue weighted by Crippen LogP contribution is 2.37. The Morgan fingerprint density at radius 3 is 2.70 bits per heavy atom. The molecule has 0 amide bonds. The number of aromatic nitrogens is 1. The van der Waals surface area contributed by atoms with E-state index in [2.05, 4.69) is 10.3 Å². The average Bonchev–Trinajstić information content (AvgIpc) is 3.52. The molecule has 0 saturated carbocycles. The molecule has 2 unspecified atom stereocenters. The number of nitrogen functional groups attached to an aromatic ring is 1. The third-order valence-electron chi connectivity index (χ3n) is 6.23. The molecule has 1 fully saturated rings. The fourth-order valence-electron chi connectivity index (χ4n) is 4.13. The second-order valence-corrected chi connectivity index (χ2v) is 8.68. The van der Waals surface area contributed by atoms with Crippen LogP contribution in [0.5, 0.6) is 5.75 Å². The Hall–Kier alpha value is -3.36. The Bertz CT molecular complexity index is 1220. The maximum atomic E-state index is 13.4. The van der Waals surface area contributed by atoms with Crippen LogP contribution in [0.1, 0.15) is 18.1 Å². The molecule has 172 valence electrons. The lowest BCUT2D eigenvalue weighted by atomic mass is 10.1. The van der Waals surface area contributed by atoms with Crippen molar-refractivity contribution in [3.63, 3.8) is 0 Å². The molecule has 2 heterocycles. The number of aromatic hydroxyl groups is 1. The van der Waals surface area contributed by atoms with Crippen LogP contribution in [0.25, 0.3) is 11.3 Å². The van der Waals surface area contributed by atoms with Gasteiger partial charge in [0.2, 0.25) is 0 Å². The van der Waals surface area contributed by atoms with E-state index in [1.165, 1.54) is 6.07 Å². The van der Waals surface area contributed by atoms with Crippen molar-refractivity contribution < 1.29 is 23.9 Å². The van der Waals surface area contributed by atoms with Gasteiger partial charge in [-0.25, -0.2) is 9.37 Å². The van der Waals surface area contributed by atoms with E-state index in [4.69, 9.17) is 17.3 Å². The van der Waals surface area contributed by atoms with Crippen LogP contribution in [0.15, 0.2) is 48.5 Å². The Morgan fingerprint density at radius 2 is 2.06 bits per heavy atom. The molecular weight excluding hydrogens is 447 g/mol. The van der Waals surface area contributed by atoms with E-state index in [1.54, 1.807) is 42.5 Å². The van der Waals surface area contributed by atoms with E-state index in [0.29, 0.717) is 57.3 Å². The van der Waals surface area contributed by atoms with Gasteiger partial charge in [-0.2, -0.15) is 0 Å². The number of benzene rings is 2. The van der Waals surface area contributed by atoms with Crippen molar-refractivity contribution in [3.8, 4) is 17.0 Å². The first-order chi connectivity index (χ1) is 15.8. The Kier molecular flexibility index (Phi) is 6.14. The molecular formula is C24H24ClFN4O3. The van der Waals surface area contributed by atoms with Crippen molar-refractivity contribution in [1.29, 1.82) is 0 Å². The first-order valence-corrected chi connectivity index (χ1v) is 10.9. The molecule has 7 nitrogen and oxygen atoms in total. The van der Waals surface area contributed by atoms with E-state index >= 15 is 0 Å². The number of carboxylic acid groups (broad SMARTS) is 1. The number of halogens is 2. The number of carbonyl (C=O) groups is 1. The molecule has 0 bridgehead atoms. The summed E-state index contributed by atoms with van der Waals surface area (Å²) in [5.41, 5.74) is 9.46. The van der Waals surface area contributed by atoms with Crippen molar-refractivity contribution in [2.24, 2.45) is 0 Å². The van der Waals surface area contributed by atoms with E-state index in [-0.39, 0.29) is 11.6 Å².